The highest BCUT2D eigenvalue weighted by Gasteiger charge is 2.34. The Labute approximate surface area is 121 Å². The maximum absolute atomic E-state index is 5.80. The van der Waals surface area contributed by atoms with Gasteiger partial charge in [0.1, 0.15) is 0 Å². The van der Waals surface area contributed by atoms with Crippen molar-refractivity contribution in [3.05, 3.63) is 0 Å². The maximum Gasteiger partial charge on any atom is 0.231 e. The van der Waals surface area contributed by atoms with Crippen molar-refractivity contribution in [3.63, 3.8) is 0 Å². The van der Waals surface area contributed by atoms with Crippen LogP contribution in [0.2, 0.25) is 0 Å². The van der Waals surface area contributed by atoms with Crippen LogP contribution in [0.5, 0.6) is 0 Å². The van der Waals surface area contributed by atoms with E-state index in [9.17, 15) is 0 Å². The zero-order chi connectivity index (χ0) is 14.6. The number of nitrogens with one attached hydrogen (secondary N) is 1. The van der Waals surface area contributed by atoms with Crippen LogP contribution in [0, 0.1) is 5.41 Å². The normalized spacial score (nSPS) is 16.6. The predicted octanol–water partition coefficient (Wildman–Crippen LogP) is 2.29. The lowest BCUT2D eigenvalue weighted by Gasteiger charge is -2.41. The molecule has 0 aliphatic heterocycles. The van der Waals surface area contributed by atoms with Crippen molar-refractivity contribution in [2.24, 2.45) is 5.41 Å². The van der Waals surface area contributed by atoms with Gasteiger partial charge in [-0.2, -0.15) is 15.0 Å². The van der Waals surface area contributed by atoms with Crippen molar-refractivity contribution in [1.29, 1.82) is 0 Å². The molecule has 0 spiro atoms. The first kappa shape index (κ1) is 14.8. The summed E-state index contributed by atoms with van der Waals surface area (Å²) < 4.78 is 0. The predicted molar refractivity (Wildman–Crippen MR) is 82.9 cm³/mol. The van der Waals surface area contributed by atoms with Crippen LogP contribution < -0.4 is 16.0 Å². The fourth-order valence-corrected chi connectivity index (χ4v) is 2.71. The molecule has 2 rings (SSSR count). The van der Waals surface area contributed by atoms with Crippen LogP contribution in [0.25, 0.3) is 0 Å². The molecular formula is C14H26N6. The summed E-state index contributed by atoms with van der Waals surface area (Å²) in [5.41, 5.74) is 6.22. The van der Waals surface area contributed by atoms with E-state index >= 15 is 0 Å². The van der Waals surface area contributed by atoms with Gasteiger partial charge in [-0.15, -0.1) is 0 Å². The maximum atomic E-state index is 5.80. The summed E-state index contributed by atoms with van der Waals surface area (Å²) >= 11 is 0. The monoisotopic (exact) mass is 278 g/mol. The summed E-state index contributed by atoms with van der Waals surface area (Å²) in [4.78, 5) is 15.0. The molecule has 1 fully saturated rings. The molecule has 1 aromatic rings. The first-order valence-electron chi connectivity index (χ1n) is 7.63. The average molecular weight is 278 g/mol. The van der Waals surface area contributed by atoms with Gasteiger partial charge in [0.25, 0.3) is 0 Å². The van der Waals surface area contributed by atoms with Crippen molar-refractivity contribution in [2.45, 2.75) is 46.5 Å². The standard InChI is InChI=1S/C14H26N6/c1-4-14(8-7-9-14)10-16-12-17-11(15)18-13(19-12)20(5-2)6-3/h4-10H2,1-3H3,(H3,15,16,17,18,19). The highest BCUT2D eigenvalue weighted by Crippen LogP contribution is 2.43. The minimum absolute atomic E-state index is 0.281. The second-order valence-electron chi connectivity index (χ2n) is 5.55. The van der Waals surface area contributed by atoms with Crippen LogP contribution in [-0.2, 0) is 0 Å². The van der Waals surface area contributed by atoms with Gasteiger partial charge in [-0.25, -0.2) is 0 Å². The van der Waals surface area contributed by atoms with Gasteiger partial charge in [0, 0.05) is 19.6 Å². The quantitative estimate of drug-likeness (QED) is 0.796. The van der Waals surface area contributed by atoms with Gasteiger partial charge >= 0.3 is 0 Å². The van der Waals surface area contributed by atoms with Crippen LogP contribution in [0.15, 0.2) is 0 Å². The molecule has 20 heavy (non-hydrogen) atoms. The average Bonchev–Trinajstić information content (AvgIpc) is 2.39. The Bertz CT molecular complexity index is 434. The Hall–Kier alpha value is -1.59. The van der Waals surface area contributed by atoms with E-state index in [1.807, 2.05) is 0 Å². The zero-order valence-corrected chi connectivity index (χ0v) is 12.8. The third-order valence-corrected chi connectivity index (χ3v) is 4.47. The van der Waals surface area contributed by atoms with E-state index in [-0.39, 0.29) is 5.95 Å². The third-order valence-electron chi connectivity index (χ3n) is 4.47. The molecule has 0 saturated heterocycles. The Morgan fingerprint density at radius 2 is 1.85 bits per heavy atom. The molecule has 3 N–H and O–H groups in total. The summed E-state index contributed by atoms with van der Waals surface area (Å²) in [5.74, 6) is 1.53. The Morgan fingerprint density at radius 3 is 2.35 bits per heavy atom. The van der Waals surface area contributed by atoms with Crippen LogP contribution in [0.1, 0.15) is 46.5 Å². The molecule has 1 saturated carbocycles. The summed E-state index contributed by atoms with van der Waals surface area (Å²) in [7, 11) is 0. The van der Waals surface area contributed by atoms with Crippen molar-refractivity contribution < 1.29 is 0 Å². The number of hydrogen-bond acceptors (Lipinski definition) is 6. The molecule has 6 nitrogen and oxygen atoms in total. The second-order valence-corrected chi connectivity index (χ2v) is 5.55. The molecule has 112 valence electrons. The van der Waals surface area contributed by atoms with E-state index < -0.39 is 0 Å². The van der Waals surface area contributed by atoms with Gasteiger partial charge in [0.2, 0.25) is 17.8 Å². The fraction of sp³-hybridized carbons (Fsp3) is 0.786. The molecule has 6 heteroatoms. The Balaban J connectivity index is 2.07. The van der Waals surface area contributed by atoms with Gasteiger partial charge < -0.3 is 16.0 Å². The lowest BCUT2D eigenvalue weighted by molar-refractivity contribution is 0.144. The second kappa shape index (κ2) is 6.24. The van der Waals surface area contributed by atoms with Crippen LogP contribution in [-0.4, -0.2) is 34.6 Å². The third kappa shape index (κ3) is 3.11. The summed E-state index contributed by atoms with van der Waals surface area (Å²) in [6.07, 6.45) is 5.11. The minimum atomic E-state index is 0.281. The topological polar surface area (TPSA) is 80.0 Å². The summed E-state index contributed by atoms with van der Waals surface area (Å²) in [5, 5.41) is 3.35. The van der Waals surface area contributed by atoms with E-state index in [0.717, 1.165) is 19.6 Å². The zero-order valence-electron chi connectivity index (χ0n) is 12.8. The summed E-state index contributed by atoms with van der Waals surface area (Å²) in [6, 6.07) is 0. The smallest absolute Gasteiger partial charge is 0.231 e. The molecule has 1 aromatic heterocycles. The van der Waals surface area contributed by atoms with Gasteiger partial charge in [-0.3, -0.25) is 0 Å². The van der Waals surface area contributed by atoms with Gasteiger partial charge in [-0.1, -0.05) is 13.3 Å². The minimum Gasteiger partial charge on any atom is -0.368 e. The highest BCUT2D eigenvalue weighted by molar-refractivity contribution is 5.41. The molecule has 0 amide bonds. The van der Waals surface area contributed by atoms with E-state index in [0.29, 0.717) is 17.3 Å². The van der Waals surface area contributed by atoms with Crippen molar-refractivity contribution >= 4 is 17.8 Å². The lowest BCUT2D eigenvalue weighted by Crippen LogP contribution is -2.36. The molecule has 0 radical (unpaired) electrons. The number of rotatable bonds is 7. The van der Waals surface area contributed by atoms with E-state index in [1.165, 1.54) is 25.7 Å². The number of hydrogen-bond donors (Lipinski definition) is 2. The van der Waals surface area contributed by atoms with Gasteiger partial charge in [0.05, 0.1) is 0 Å². The van der Waals surface area contributed by atoms with Crippen LogP contribution in [0.4, 0.5) is 17.8 Å². The van der Waals surface area contributed by atoms with Crippen molar-refractivity contribution in [3.8, 4) is 0 Å². The molecule has 0 unspecified atom stereocenters. The number of nitrogens with two attached hydrogens (primary N) is 1. The summed E-state index contributed by atoms with van der Waals surface area (Å²) in [6.45, 7) is 9.05. The van der Waals surface area contributed by atoms with Crippen molar-refractivity contribution in [1.82, 2.24) is 15.0 Å². The molecule has 0 aromatic carbocycles. The Kier molecular flexibility index (Phi) is 4.62. The van der Waals surface area contributed by atoms with E-state index in [2.05, 4.69) is 45.9 Å². The first-order valence-corrected chi connectivity index (χ1v) is 7.63. The SMILES string of the molecule is CCN(CC)c1nc(N)nc(NCC2(CC)CCC2)n1. The lowest BCUT2D eigenvalue weighted by atomic mass is 9.67. The molecule has 0 bridgehead atoms. The highest BCUT2D eigenvalue weighted by atomic mass is 15.3. The molecule has 0 atom stereocenters. The molecule has 1 aliphatic carbocycles. The molecule has 1 aliphatic rings. The largest absolute Gasteiger partial charge is 0.368 e. The number of aromatic nitrogens is 3. The van der Waals surface area contributed by atoms with Crippen LogP contribution in [0.3, 0.4) is 0 Å². The number of nitrogens with zero attached hydrogens (tertiary/aromatic N) is 4. The first-order chi connectivity index (χ1) is 9.62. The van der Waals surface area contributed by atoms with E-state index in [1.54, 1.807) is 0 Å². The molecular weight excluding hydrogens is 252 g/mol. The van der Waals surface area contributed by atoms with Gasteiger partial charge in [0.15, 0.2) is 0 Å². The fourth-order valence-electron chi connectivity index (χ4n) is 2.71. The van der Waals surface area contributed by atoms with E-state index in [4.69, 9.17) is 5.73 Å². The number of nitrogen functional groups attached to an aromatic ring is 1. The van der Waals surface area contributed by atoms with Crippen LogP contribution >= 0.6 is 0 Å². The van der Waals surface area contributed by atoms with Crippen molar-refractivity contribution in [2.75, 3.05) is 35.6 Å². The molecule has 1 heterocycles. The Morgan fingerprint density at radius 1 is 1.15 bits per heavy atom. The van der Waals surface area contributed by atoms with Gasteiger partial charge in [-0.05, 0) is 38.5 Å². The number of anilines is 3.